The zero-order valence-electron chi connectivity index (χ0n) is 12.1. The van der Waals surface area contributed by atoms with E-state index in [1.165, 1.54) is 38.5 Å². The van der Waals surface area contributed by atoms with Gasteiger partial charge in [-0.1, -0.05) is 26.7 Å². The first-order chi connectivity index (χ1) is 8.55. The van der Waals surface area contributed by atoms with Crippen molar-refractivity contribution in [2.24, 2.45) is 17.6 Å². The number of hydrogen-bond acceptors (Lipinski definition) is 3. The van der Waals surface area contributed by atoms with Crippen molar-refractivity contribution in [3.05, 3.63) is 0 Å². The number of nitrogens with two attached hydrogens (primary N) is 1. The predicted molar refractivity (Wildman–Crippen MR) is 75.4 cm³/mol. The van der Waals surface area contributed by atoms with Crippen LogP contribution in [0.1, 0.15) is 52.4 Å². The Kier molecular flexibility index (Phi) is 4.68. The fourth-order valence-corrected chi connectivity index (χ4v) is 3.43. The summed E-state index contributed by atoms with van der Waals surface area (Å²) in [5.74, 6) is 1.23. The molecular formula is C15H30N2O. The van der Waals surface area contributed by atoms with Gasteiger partial charge in [0.1, 0.15) is 0 Å². The molecule has 0 aromatic carbocycles. The Morgan fingerprint density at radius 1 is 1.22 bits per heavy atom. The van der Waals surface area contributed by atoms with E-state index in [4.69, 9.17) is 5.73 Å². The fraction of sp³-hybridized carbons (Fsp3) is 1.00. The average Bonchev–Trinajstić information content (AvgIpc) is 3.04. The van der Waals surface area contributed by atoms with Gasteiger partial charge in [-0.2, -0.15) is 0 Å². The highest BCUT2D eigenvalue weighted by Gasteiger charge is 2.43. The maximum absolute atomic E-state index is 9.67. The van der Waals surface area contributed by atoms with E-state index < -0.39 is 0 Å². The second-order valence-corrected chi connectivity index (χ2v) is 6.93. The molecule has 0 aliphatic heterocycles. The van der Waals surface area contributed by atoms with Crippen LogP contribution in [0.3, 0.4) is 0 Å². The van der Waals surface area contributed by atoms with Crippen molar-refractivity contribution in [3.8, 4) is 0 Å². The van der Waals surface area contributed by atoms with Crippen LogP contribution in [0, 0.1) is 11.8 Å². The lowest BCUT2D eigenvalue weighted by Crippen LogP contribution is -2.57. The van der Waals surface area contributed by atoms with Crippen LogP contribution < -0.4 is 5.73 Å². The van der Waals surface area contributed by atoms with Gasteiger partial charge in [0.2, 0.25) is 0 Å². The molecular weight excluding hydrogens is 224 g/mol. The van der Waals surface area contributed by atoms with Gasteiger partial charge in [0.25, 0.3) is 0 Å². The molecule has 2 aliphatic rings. The molecule has 0 aromatic heterocycles. The molecule has 2 fully saturated rings. The van der Waals surface area contributed by atoms with Crippen molar-refractivity contribution in [1.29, 1.82) is 0 Å². The summed E-state index contributed by atoms with van der Waals surface area (Å²) in [5.41, 5.74) is 6.11. The summed E-state index contributed by atoms with van der Waals surface area (Å²) >= 11 is 0. The molecule has 106 valence electrons. The molecule has 0 bridgehead atoms. The topological polar surface area (TPSA) is 49.5 Å². The van der Waals surface area contributed by atoms with Crippen molar-refractivity contribution in [3.63, 3.8) is 0 Å². The summed E-state index contributed by atoms with van der Waals surface area (Å²) < 4.78 is 0. The first kappa shape index (κ1) is 14.3. The van der Waals surface area contributed by atoms with Crippen LogP contribution in [0.15, 0.2) is 0 Å². The third-order valence-electron chi connectivity index (χ3n) is 4.62. The van der Waals surface area contributed by atoms with Gasteiger partial charge in [0.15, 0.2) is 0 Å². The summed E-state index contributed by atoms with van der Waals surface area (Å²) in [6.07, 6.45) is 7.77. The molecule has 3 N–H and O–H groups in total. The number of rotatable bonds is 7. The minimum Gasteiger partial charge on any atom is -0.394 e. The molecule has 1 atom stereocenters. The van der Waals surface area contributed by atoms with E-state index in [2.05, 4.69) is 18.7 Å². The second kappa shape index (κ2) is 5.89. The molecule has 0 heterocycles. The van der Waals surface area contributed by atoms with Crippen molar-refractivity contribution in [1.82, 2.24) is 4.90 Å². The molecule has 2 saturated carbocycles. The maximum atomic E-state index is 9.67. The Bertz CT molecular complexity index is 259. The number of aliphatic hydroxyl groups is 1. The van der Waals surface area contributed by atoms with E-state index >= 15 is 0 Å². The maximum Gasteiger partial charge on any atom is 0.0626 e. The van der Waals surface area contributed by atoms with E-state index in [1.807, 2.05) is 0 Å². The van der Waals surface area contributed by atoms with Gasteiger partial charge in [-0.15, -0.1) is 0 Å². The average molecular weight is 254 g/mol. The Morgan fingerprint density at radius 2 is 1.83 bits per heavy atom. The zero-order chi connectivity index (χ0) is 13.2. The highest BCUT2D eigenvalue weighted by Crippen LogP contribution is 2.39. The third kappa shape index (κ3) is 3.46. The lowest BCUT2D eigenvalue weighted by atomic mass is 9.93. The molecule has 1 unspecified atom stereocenters. The van der Waals surface area contributed by atoms with Gasteiger partial charge in [-0.05, 0) is 37.5 Å². The Labute approximate surface area is 112 Å². The molecule has 3 nitrogen and oxygen atoms in total. The summed E-state index contributed by atoms with van der Waals surface area (Å²) in [7, 11) is 0. The van der Waals surface area contributed by atoms with E-state index in [1.54, 1.807) is 0 Å². The monoisotopic (exact) mass is 254 g/mol. The summed E-state index contributed by atoms with van der Waals surface area (Å²) in [5, 5.41) is 9.67. The van der Waals surface area contributed by atoms with E-state index in [0.29, 0.717) is 17.9 Å². The molecule has 18 heavy (non-hydrogen) atoms. The van der Waals surface area contributed by atoms with Crippen LogP contribution in [-0.4, -0.2) is 41.3 Å². The van der Waals surface area contributed by atoms with Gasteiger partial charge in [0.05, 0.1) is 12.1 Å². The minimum atomic E-state index is -0.350. The molecule has 2 rings (SSSR count). The smallest absolute Gasteiger partial charge is 0.0626 e. The SMILES string of the molecule is CC(C)CN(CC(N)(CO)C1CC1)C1CCCC1. The van der Waals surface area contributed by atoms with E-state index in [0.717, 1.165) is 13.1 Å². The molecule has 0 radical (unpaired) electrons. The molecule has 0 amide bonds. The van der Waals surface area contributed by atoms with Crippen molar-refractivity contribution in [2.75, 3.05) is 19.7 Å². The Morgan fingerprint density at radius 3 is 2.28 bits per heavy atom. The highest BCUT2D eigenvalue weighted by atomic mass is 16.3. The third-order valence-corrected chi connectivity index (χ3v) is 4.62. The van der Waals surface area contributed by atoms with Crippen molar-refractivity contribution >= 4 is 0 Å². The predicted octanol–water partition coefficient (Wildman–Crippen LogP) is 1.99. The number of aliphatic hydroxyl groups excluding tert-OH is 1. The van der Waals surface area contributed by atoms with Crippen LogP contribution in [-0.2, 0) is 0 Å². The van der Waals surface area contributed by atoms with Gasteiger partial charge in [-0.3, -0.25) is 4.90 Å². The van der Waals surface area contributed by atoms with Crippen LogP contribution in [0.2, 0.25) is 0 Å². The second-order valence-electron chi connectivity index (χ2n) is 6.93. The molecule has 0 saturated heterocycles. The Balaban J connectivity index is 1.98. The summed E-state index contributed by atoms with van der Waals surface area (Å²) in [6, 6.07) is 0.709. The van der Waals surface area contributed by atoms with Crippen LogP contribution in [0.5, 0.6) is 0 Å². The van der Waals surface area contributed by atoms with Gasteiger partial charge in [-0.25, -0.2) is 0 Å². The molecule has 0 spiro atoms. The largest absolute Gasteiger partial charge is 0.394 e. The first-order valence-electron chi connectivity index (χ1n) is 7.69. The lowest BCUT2D eigenvalue weighted by Gasteiger charge is -2.38. The van der Waals surface area contributed by atoms with Gasteiger partial charge < -0.3 is 10.8 Å². The van der Waals surface area contributed by atoms with Crippen LogP contribution in [0.4, 0.5) is 0 Å². The highest BCUT2D eigenvalue weighted by molar-refractivity contribution is 5.01. The fourth-order valence-electron chi connectivity index (χ4n) is 3.43. The Hall–Kier alpha value is -0.120. The molecule has 2 aliphatic carbocycles. The van der Waals surface area contributed by atoms with E-state index in [9.17, 15) is 5.11 Å². The van der Waals surface area contributed by atoms with Crippen molar-refractivity contribution < 1.29 is 5.11 Å². The van der Waals surface area contributed by atoms with Gasteiger partial charge in [0, 0.05) is 19.1 Å². The van der Waals surface area contributed by atoms with E-state index in [-0.39, 0.29) is 12.1 Å². The summed E-state index contributed by atoms with van der Waals surface area (Å²) in [4.78, 5) is 2.58. The zero-order valence-corrected chi connectivity index (χ0v) is 12.1. The summed E-state index contributed by atoms with van der Waals surface area (Å²) in [6.45, 7) is 6.69. The van der Waals surface area contributed by atoms with Crippen molar-refractivity contribution in [2.45, 2.75) is 64.0 Å². The normalized spacial score (nSPS) is 25.0. The van der Waals surface area contributed by atoms with Crippen LogP contribution in [0.25, 0.3) is 0 Å². The van der Waals surface area contributed by atoms with Crippen LogP contribution >= 0.6 is 0 Å². The molecule has 3 heteroatoms. The quantitative estimate of drug-likeness (QED) is 0.730. The number of hydrogen-bond donors (Lipinski definition) is 2. The number of nitrogens with zero attached hydrogens (tertiary/aromatic N) is 1. The minimum absolute atomic E-state index is 0.138. The van der Waals surface area contributed by atoms with Gasteiger partial charge >= 0.3 is 0 Å². The lowest BCUT2D eigenvalue weighted by molar-refractivity contribution is 0.0873. The first-order valence-corrected chi connectivity index (χ1v) is 7.69. The standard InChI is InChI=1S/C15H30N2O/c1-12(2)9-17(14-5-3-4-6-14)10-15(16,11-18)13-7-8-13/h12-14,18H,3-11,16H2,1-2H3. The molecule has 0 aromatic rings.